The Bertz CT molecular complexity index is 763. The van der Waals surface area contributed by atoms with Crippen molar-refractivity contribution in [3.05, 3.63) is 29.6 Å². The highest BCUT2D eigenvalue weighted by atomic mass is 32.2. The van der Waals surface area contributed by atoms with Gasteiger partial charge < -0.3 is 5.32 Å². The van der Waals surface area contributed by atoms with Crippen LogP contribution in [0.5, 0.6) is 0 Å². The van der Waals surface area contributed by atoms with E-state index in [-0.39, 0.29) is 0 Å². The lowest BCUT2D eigenvalue weighted by atomic mass is 10.2. The number of thiazole rings is 1. The summed E-state index contributed by atoms with van der Waals surface area (Å²) in [7, 11) is -3.34. The Morgan fingerprint density at radius 3 is 2.58 bits per heavy atom. The summed E-state index contributed by atoms with van der Waals surface area (Å²) < 4.78 is 26.6. The molecular formula is C17H23N3O2S2. The number of aromatic nitrogens is 1. The van der Waals surface area contributed by atoms with E-state index in [2.05, 4.69) is 17.2 Å². The van der Waals surface area contributed by atoms with Gasteiger partial charge in [0.15, 0.2) is 5.13 Å². The first-order chi connectivity index (χ1) is 11.6. The molecule has 1 aromatic carbocycles. The first-order valence-corrected chi connectivity index (χ1v) is 10.7. The first kappa shape index (κ1) is 17.4. The minimum Gasteiger partial charge on any atom is -0.362 e. The van der Waals surface area contributed by atoms with Crippen molar-refractivity contribution < 1.29 is 8.42 Å². The molecular weight excluding hydrogens is 342 g/mol. The van der Waals surface area contributed by atoms with Gasteiger partial charge in [0.05, 0.1) is 10.6 Å². The fraction of sp³-hybridized carbons (Fsp3) is 0.471. The fourth-order valence-corrected chi connectivity index (χ4v) is 5.00. The van der Waals surface area contributed by atoms with E-state index in [1.165, 1.54) is 0 Å². The molecule has 0 radical (unpaired) electrons. The third kappa shape index (κ3) is 3.79. The molecule has 1 aromatic heterocycles. The highest BCUT2D eigenvalue weighted by molar-refractivity contribution is 7.89. The van der Waals surface area contributed by atoms with Crippen LogP contribution in [-0.4, -0.2) is 37.3 Å². The average Bonchev–Trinajstić information content (AvgIpc) is 3.27. The van der Waals surface area contributed by atoms with Crippen LogP contribution in [0.3, 0.4) is 0 Å². The normalized spacial score (nSPS) is 15.7. The Labute approximate surface area is 147 Å². The van der Waals surface area contributed by atoms with Gasteiger partial charge in [-0.05, 0) is 31.4 Å². The molecule has 1 N–H and O–H groups in total. The van der Waals surface area contributed by atoms with Gasteiger partial charge in [-0.25, -0.2) is 13.4 Å². The molecule has 1 fully saturated rings. The Kier molecular flexibility index (Phi) is 5.53. The van der Waals surface area contributed by atoms with Gasteiger partial charge in [0, 0.05) is 30.6 Å². The van der Waals surface area contributed by atoms with Gasteiger partial charge in [0.2, 0.25) is 10.0 Å². The van der Waals surface area contributed by atoms with Crippen molar-refractivity contribution in [3.63, 3.8) is 0 Å². The molecule has 130 valence electrons. The highest BCUT2D eigenvalue weighted by Gasteiger charge is 2.26. The smallest absolute Gasteiger partial charge is 0.243 e. The number of hydrogen-bond acceptors (Lipinski definition) is 5. The van der Waals surface area contributed by atoms with Crippen molar-refractivity contribution >= 4 is 26.5 Å². The number of hydrogen-bond donors (Lipinski definition) is 1. The molecule has 2 aromatic rings. The molecule has 1 aliphatic heterocycles. The van der Waals surface area contributed by atoms with Crippen molar-refractivity contribution in [1.29, 1.82) is 0 Å². The minimum atomic E-state index is -3.34. The number of benzene rings is 1. The monoisotopic (exact) mass is 365 g/mol. The molecule has 0 atom stereocenters. The highest BCUT2D eigenvalue weighted by Crippen LogP contribution is 2.27. The van der Waals surface area contributed by atoms with Gasteiger partial charge >= 0.3 is 0 Å². The summed E-state index contributed by atoms with van der Waals surface area (Å²) in [4.78, 5) is 4.93. The summed E-state index contributed by atoms with van der Waals surface area (Å²) >= 11 is 1.58. The van der Waals surface area contributed by atoms with Crippen LogP contribution in [0.4, 0.5) is 5.13 Å². The summed E-state index contributed by atoms with van der Waals surface area (Å²) in [5.74, 6) is 0. The number of nitrogens with zero attached hydrogens (tertiary/aromatic N) is 2. The molecule has 3 rings (SSSR count). The molecule has 5 nitrogen and oxygen atoms in total. The van der Waals surface area contributed by atoms with Crippen LogP contribution >= 0.6 is 11.3 Å². The Morgan fingerprint density at radius 1 is 1.21 bits per heavy atom. The second-order valence-corrected chi connectivity index (χ2v) is 8.75. The molecule has 0 aliphatic carbocycles. The van der Waals surface area contributed by atoms with E-state index in [1.54, 1.807) is 27.8 Å². The van der Waals surface area contributed by atoms with Crippen molar-refractivity contribution in [2.75, 3.05) is 25.0 Å². The van der Waals surface area contributed by atoms with Gasteiger partial charge in [-0.2, -0.15) is 4.31 Å². The van der Waals surface area contributed by atoms with Crippen LogP contribution in [0.25, 0.3) is 11.3 Å². The number of sulfonamides is 1. The molecule has 0 saturated carbocycles. The summed E-state index contributed by atoms with van der Waals surface area (Å²) in [5.41, 5.74) is 1.82. The molecule has 2 heterocycles. The van der Waals surface area contributed by atoms with Crippen molar-refractivity contribution in [2.45, 2.75) is 37.5 Å². The van der Waals surface area contributed by atoms with Crippen molar-refractivity contribution in [2.24, 2.45) is 0 Å². The van der Waals surface area contributed by atoms with Crippen molar-refractivity contribution in [1.82, 2.24) is 9.29 Å². The molecule has 0 amide bonds. The molecule has 7 heteroatoms. The SMILES string of the molecule is CCCCNc1nc(-c2ccc(S(=O)(=O)N3CCCC3)cc2)cs1. The van der Waals surface area contributed by atoms with Crippen LogP contribution in [0.1, 0.15) is 32.6 Å². The van der Waals surface area contributed by atoms with E-state index in [0.29, 0.717) is 18.0 Å². The van der Waals surface area contributed by atoms with Gasteiger partial charge in [-0.1, -0.05) is 25.5 Å². The molecule has 0 bridgehead atoms. The quantitative estimate of drug-likeness (QED) is 0.758. The van der Waals surface area contributed by atoms with Crippen LogP contribution in [0.2, 0.25) is 0 Å². The lowest BCUT2D eigenvalue weighted by Gasteiger charge is -2.15. The maximum Gasteiger partial charge on any atom is 0.243 e. The first-order valence-electron chi connectivity index (χ1n) is 8.41. The number of unbranched alkanes of at least 4 members (excludes halogenated alkanes) is 1. The largest absolute Gasteiger partial charge is 0.362 e. The lowest BCUT2D eigenvalue weighted by molar-refractivity contribution is 0.477. The van der Waals surface area contributed by atoms with Crippen molar-refractivity contribution in [3.8, 4) is 11.3 Å². The summed E-state index contributed by atoms with van der Waals surface area (Å²) in [6.45, 7) is 4.34. The van der Waals surface area contributed by atoms with Gasteiger partial charge in [0.1, 0.15) is 0 Å². The predicted molar refractivity (Wildman–Crippen MR) is 98.9 cm³/mol. The molecule has 1 aliphatic rings. The number of rotatable bonds is 7. The predicted octanol–water partition coefficient (Wildman–Crippen LogP) is 3.81. The third-order valence-corrected chi connectivity index (χ3v) is 6.88. The van der Waals surface area contributed by atoms with Crippen LogP contribution in [0.15, 0.2) is 34.5 Å². The molecule has 0 spiro atoms. The Morgan fingerprint density at radius 2 is 1.92 bits per heavy atom. The summed E-state index contributed by atoms with van der Waals surface area (Å²) in [5, 5.41) is 6.22. The van der Waals surface area contributed by atoms with Crippen LogP contribution in [0, 0.1) is 0 Å². The zero-order valence-corrected chi connectivity index (χ0v) is 15.5. The fourth-order valence-electron chi connectivity index (χ4n) is 2.73. The number of nitrogens with one attached hydrogen (secondary N) is 1. The molecule has 0 unspecified atom stereocenters. The van der Waals surface area contributed by atoms with E-state index in [1.807, 2.05) is 17.5 Å². The zero-order valence-electron chi connectivity index (χ0n) is 13.9. The maximum absolute atomic E-state index is 12.5. The average molecular weight is 366 g/mol. The van der Waals surface area contributed by atoms with E-state index in [4.69, 9.17) is 0 Å². The van der Waals surface area contributed by atoms with Crippen LogP contribution in [-0.2, 0) is 10.0 Å². The molecule has 1 saturated heterocycles. The second kappa shape index (κ2) is 7.63. The third-order valence-electron chi connectivity index (χ3n) is 4.16. The lowest BCUT2D eigenvalue weighted by Crippen LogP contribution is -2.27. The van der Waals surface area contributed by atoms with E-state index in [9.17, 15) is 8.42 Å². The van der Waals surface area contributed by atoms with Gasteiger partial charge in [0.25, 0.3) is 0 Å². The summed E-state index contributed by atoms with van der Waals surface area (Å²) in [6, 6.07) is 7.06. The van der Waals surface area contributed by atoms with E-state index >= 15 is 0 Å². The topological polar surface area (TPSA) is 62.3 Å². The van der Waals surface area contributed by atoms with E-state index < -0.39 is 10.0 Å². The molecule has 24 heavy (non-hydrogen) atoms. The number of anilines is 1. The minimum absolute atomic E-state index is 0.365. The van der Waals surface area contributed by atoms with E-state index in [0.717, 1.165) is 48.6 Å². The zero-order chi connectivity index (χ0) is 17.0. The van der Waals surface area contributed by atoms with Gasteiger partial charge in [-0.3, -0.25) is 0 Å². The Balaban J connectivity index is 1.72. The van der Waals surface area contributed by atoms with Crippen LogP contribution < -0.4 is 5.32 Å². The maximum atomic E-state index is 12.5. The Hall–Kier alpha value is -1.44. The summed E-state index contributed by atoms with van der Waals surface area (Å²) in [6.07, 6.45) is 4.17. The van der Waals surface area contributed by atoms with Gasteiger partial charge in [-0.15, -0.1) is 11.3 Å². The standard InChI is InChI=1S/C17H23N3O2S2/c1-2-3-10-18-17-19-16(13-23-17)14-6-8-15(9-7-14)24(21,22)20-11-4-5-12-20/h6-9,13H,2-5,10-12H2,1H3,(H,18,19). The second-order valence-electron chi connectivity index (χ2n) is 5.95.